The van der Waals surface area contributed by atoms with Gasteiger partial charge in [0, 0.05) is 0 Å². The zero-order valence-corrected chi connectivity index (χ0v) is 9.52. The molecule has 16 heavy (non-hydrogen) atoms. The van der Waals surface area contributed by atoms with Crippen LogP contribution in [-0.2, 0) is 9.53 Å². The maximum absolute atomic E-state index is 11.3. The smallest absolute Gasteiger partial charge is 0.395 e. The van der Waals surface area contributed by atoms with E-state index in [0.717, 1.165) is 0 Å². The maximum atomic E-state index is 11.3. The van der Waals surface area contributed by atoms with Gasteiger partial charge in [-0.3, -0.25) is 4.79 Å². The highest BCUT2D eigenvalue weighted by Crippen LogP contribution is 2.16. The van der Waals surface area contributed by atoms with Crippen LogP contribution in [0.1, 0.15) is 20.8 Å². The quantitative estimate of drug-likeness (QED) is 0.416. The first-order valence-corrected chi connectivity index (χ1v) is 4.89. The Morgan fingerprint density at radius 3 is 2.12 bits per heavy atom. The van der Waals surface area contributed by atoms with E-state index in [1.165, 1.54) is 0 Å². The van der Waals surface area contributed by atoms with Gasteiger partial charge < -0.3 is 9.47 Å². The first-order valence-electron chi connectivity index (χ1n) is 4.89. The molecule has 1 aromatic rings. The van der Waals surface area contributed by atoms with E-state index < -0.39 is 17.5 Å². The average Bonchev–Trinajstić information content (AvgIpc) is 2.17. The molecule has 4 nitrogen and oxygen atoms in total. The van der Waals surface area contributed by atoms with Crippen LogP contribution in [0.25, 0.3) is 0 Å². The minimum Gasteiger partial charge on any atom is -0.395 e. The van der Waals surface area contributed by atoms with Gasteiger partial charge in [0.1, 0.15) is 5.75 Å². The molecule has 0 aromatic heterocycles. The Bertz CT molecular complexity index is 376. The van der Waals surface area contributed by atoms with Crippen molar-refractivity contribution in [1.29, 1.82) is 0 Å². The fourth-order valence-electron chi connectivity index (χ4n) is 0.834. The van der Waals surface area contributed by atoms with Crippen molar-refractivity contribution < 1.29 is 19.1 Å². The molecule has 86 valence electrons. The monoisotopic (exact) mass is 222 g/mol. The normalized spacial score (nSPS) is 10.7. The van der Waals surface area contributed by atoms with E-state index in [0.29, 0.717) is 5.75 Å². The average molecular weight is 222 g/mol. The molecule has 0 saturated carbocycles. The third kappa shape index (κ3) is 3.73. The highest BCUT2D eigenvalue weighted by atomic mass is 16.7. The van der Waals surface area contributed by atoms with Gasteiger partial charge in [0.15, 0.2) is 0 Å². The summed E-state index contributed by atoms with van der Waals surface area (Å²) >= 11 is 0. The largest absolute Gasteiger partial charge is 0.521 e. The zero-order chi connectivity index (χ0) is 12.2. The summed E-state index contributed by atoms with van der Waals surface area (Å²) in [4.78, 5) is 22.5. The fraction of sp³-hybridized carbons (Fsp3) is 0.333. The topological polar surface area (TPSA) is 52.6 Å². The first-order chi connectivity index (χ1) is 7.39. The van der Waals surface area contributed by atoms with Crippen LogP contribution in [0.3, 0.4) is 0 Å². The number of benzene rings is 1. The van der Waals surface area contributed by atoms with Crippen molar-refractivity contribution in [2.45, 2.75) is 20.8 Å². The predicted octanol–water partition coefficient (Wildman–Crippen LogP) is 2.77. The van der Waals surface area contributed by atoms with Crippen LogP contribution in [0.15, 0.2) is 30.3 Å². The summed E-state index contributed by atoms with van der Waals surface area (Å²) in [5, 5.41) is 0. The molecule has 0 atom stereocenters. The van der Waals surface area contributed by atoms with Gasteiger partial charge in [0.2, 0.25) is 0 Å². The van der Waals surface area contributed by atoms with Crippen molar-refractivity contribution in [1.82, 2.24) is 0 Å². The minimum absolute atomic E-state index is 0.342. The highest BCUT2D eigenvalue weighted by molar-refractivity contribution is 5.85. The van der Waals surface area contributed by atoms with Crippen LogP contribution in [0.5, 0.6) is 5.75 Å². The molecule has 0 amide bonds. The van der Waals surface area contributed by atoms with Crippen molar-refractivity contribution >= 4 is 12.1 Å². The molecule has 1 rings (SSSR count). The van der Waals surface area contributed by atoms with Crippen LogP contribution in [0, 0.1) is 5.41 Å². The number of carbonyl (C=O) groups is 2. The summed E-state index contributed by atoms with van der Waals surface area (Å²) in [5.41, 5.74) is -0.726. The van der Waals surface area contributed by atoms with Crippen molar-refractivity contribution in [2.75, 3.05) is 0 Å². The van der Waals surface area contributed by atoms with Crippen LogP contribution in [0.2, 0.25) is 0 Å². The van der Waals surface area contributed by atoms with E-state index in [9.17, 15) is 9.59 Å². The molecule has 0 bridgehead atoms. The van der Waals surface area contributed by atoms with Crippen molar-refractivity contribution in [2.24, 2.45) is 5.41 Å². The molecule has 0 spiro atoms. The summed E-state index contributed by atoms with van der Waals surface area (Å²) in [7, 11) is 0. The standard InChI is InChI=1S/C12H14O4/c1-12(2,3)10(13)16-11(14)15-9-7-5-4-6-8-9/h4-8H,1-3H3. The number of para-hydroxylation sites is 1. The molecule has 0 aliphatic heterocycles. The molecule has 0 fully saturated rings. The second-order valence-corrected chi connectivity index (χ2v) is 4.30. The Labute approximate surface area is 94.2 Å². The minimum atomic E-state index is -1.01. The Morgan fingerprint density at radius 1 is 1.06 bits per heavy atom. The Kier molecular flexibility index (Phi) is 3.66. The number of hydrogen-bond acceptors (Lipinski definition) is 4. The maximum Gasteiger partial charge on any atom is 0.521 e. The van der Waals surface area contributed by atoms with Gasteiger partial charge in [0.25, 0.3) is 0 Å². The molecule has 0 aliphatic carbocycles. The molecule has 1 aromatic carbocycles. The molecule has 4 heteroatoms. The first kappa shape index (κ1) is 12.2. The highest BCUT2D eigenvalue weighted by Gasteiger charge is 2.26. The van der Waals surface area contributed by atoms with E-state index in [1.54, 1.807) is 51.1 Å². The summed E-state index contributed by atoms with van der Waals surface area (Å²) in [6.45, 7) is 4.97. The number of carbonyl (C=O) groups excluding carboxylic acids is 2. The van der Waals surface area contributed by atoms with Crippen molar-refractivity contribution in [3.05, 3.63) is 30.3 Å². The van der Waals surface area contributed by atoms with E-state index in [4.69, 9.17) is 4.74 Å². The van der Waals surface area contributed by atoms with Gasteiger partial charge in [-0.2, -0.15) is 0 Å². The van der Waals surface area contributed by atoms with Crippen LogP contribution in [-0.4, -0.2) is 12.1 Å². The van der Waals surface area contributed by atoms with Crippen LogP contribution < -0.4 is 4.74 Å². The predicted molar refractivity (Wildman–Crippen MR) is 58.0 cm³/mol. The van der Waals surface area contributed by atoms with Gasteiger partial charge in [-0.05, 0) is 32.9 Å². The molecule has 0 aliphatic rings. The van der Waals surface area contributed by atoms with Gasteiger partial charge in [-0.15, -0.1) is 0 Å². The Morgan fingerprint density at radius 2 is 1.62 bits per heavy atom. The van der Waals surface area contributed by atoms with E-state index >= 15 is 0 Å². The zero-order valence-electron chi connectivity index (χ0n) is 9.52. The van der Waals surface area contributed by atoms with Gasteiger partial charge >= 0.3 is 12.1 Å². The fourth-order valence-corrected chi connectivity index (χ4v) is 0.834. The summed E-state index contributed by atoms with van der Waals surface area (Å²) in [5.74, 6) is -0.275. The lowest BCUT2D eigenvalue weighted by Gasteiger charge is -2.14. The van der Waals surface area contributed by atoms with E-state index in [-0.39, 0.29) is 0 Å². The molecular weight excluding hydrogens is 208 g/mol. The summed E-state index contributed by atoms with van der Waals surface area (Å²) < 4.78 is 9.32. The van der Waals surface area contributed by atoms with Crippen LogP contribution in [0.4, 0.5) is 4.79 Å². The lowest BCUT2D eigenvalue weighted by Crippen LogP contribution is -2.27. The lowest BCUT2D eigenvalue weighted by molar-refractivity contribution is -0.147. The Balaban J connectivity index is 2.52. The number of esters is 1. The molecule has 0 radical (unpaired) electrons. The van der Waals surface area contributed by atoms with Gasteiger partial charge in [-0.25, -0.2) is 4.79 Å². The van der Waals surface area contributed by atoms with Crippen molar-refractivity contribution in [3.8, 4) is 5.75 Å². The van der Waals surface area contributed by atoms with Crippen LogP contribution >= 0.6 is 0 Å². The lowest BCUT2D eigenvalue weighted by atomic mass is 9.98. The van der Waals surface area contributed by atoms with E-state index in [2.05, 4.69) is 4.74 Å². The van der Waals surface area contributed by atoms with Gasteiger partial charge in [0.05, 0.1) is 5.41 Å². The van der Waals surface area contributed by atoms with Crippen molar-refractivity contribution in [3.63, 3.8) is 0 Å². The molecule has 0 unspecified atom stereocenters. The number of ether oxygens (including phenoxy) is 2. The number of hydrogen-bond donors (Lipinski definition) is 0. The van der Waals surface area contributed by atoms with E-state index in [1.807, 2.05) is 0 Å². The van der Waals surface area contributed by atoms with Gasteiger partial charge in [-0.1, -0.05) is 18.2 Å². The number of rotatable bonds is 1. The molecule has 0 saturated heterocycles. The summed E-state index contributed by atoms with van der Waals surface area (Å²) in [6.07, 6.45) is -1.01. The third-order valence-corrected chi connectivity index (χ3v) is 1.73. The Hall–Kier alpha value is -1.84. The third-order valence-electron chi connectivity index (χ3n) is 1.73. The SMILES string of the molecule is CC(C)(C)C(=O)OC(=O)Oc1ccccc1. The second-order valence-electron chi connectivity index (χ2n) is 4.30. The summed E-state index contributed by atoms with van der Waals surface area (Å²) in [6, 6.07) is 8.42. The molecule has 0 heterocycles. The molecule has 0 N–H and O–H groups in total. The molecular formula is C12H14O4. The second kappa shape index (κ2) is 4.79.